The first-order chi connectivity index (χ1) is 6.72. The highest BCUT2D eigenvalue weighted by molar-refractivity contribution is 7.98. The largest absolute Gasteiger partial charge is 0.349 e. The van der Waals surface area contributed by atoms with E-state index in [1.807, 2.05) is 31.4 Å². The van der Waals surface area contributed by atoms with Crippen LogP contribution in [0.1, 0.15) is 5.56 Å². The van der Waals surface area contributed by atoms with Gasteiger partial charge < -0.3 is 4.98 Å². The normalized spacial score (nSPS) is 10.7. The fourth-order valence-electron chi connectivity index (χ4n) is 1.51. The molecular formula is C11H11NOS. The number of thioether (sulfide) groups is 1. The van der Waals surface area contributed by atoms with Crippen molar-refractivity contribution in [3.63, 3.8) is 0 Å². The summed E-state index contributed by atoms with van der Waals surface area (Å²) in [7, 11) is 0. The Morgan fingerprint density at radius 2 is 2.14 bits per heavy atom. The van der Waals surface area contributed by atoms with Gasteiger partial charge in [0, 0.05) is 11.5 Å². The van der Waals surface area contributed by atoms with Crippen molar-refractivity contribution >= 4 is 22.7 Å². The van der Waals surface area contributed by atoms with Gasteiger partial charge in [-0.3, -0.25) is 4.79 Å². The molecule has 1 heterocycles. The van der Waals surface area contributed by atoms with Gasteiger partial charge in [-0.25, -0.2) is 0 Å². The van der Waals surface area contributed by atoms with Crippen LogP contribution in [0.15, 0.2) is 34.1 Å². The number of aryl methyl sites for hydroxylation is 1. The predicted octanol–water partition coefficient (Wildman–Crippen LogP) is 2.56. The number of hydrogen-bond acceptors (Lipinski definition) is 2. The van der Waals surface area contributed by atoms with E-state index in [4.69, 9.17) is 0 Å². The molecule has 0 saturated heterocycles. The van der Waals surface area contributed by atoms with Gasteiger partial charge in [0.05, 0.1) is 10.5 Å². The monoisotopic (exact) mass is 205 g/mol. The number of benzene rings is 1. The average Bonchev–Trinajstić information content (AvgIpc) is 2.19. The lowest BCUT2D eigenvalue weighted by Crippen LogP contribution is -2.02. The van der Waals surface area contributed by atoms with Gasteiger partial charge >= 0.3 is 0 Å². The number of hydrogen-bond donors (Lipinski definition) is 1. The molecule has 1 N–H and O–H groups in total. The van der Waals surface area contributed by atoms with Crippen molar-refractivity contribution in [3.8, 4) is 0 Å². The Bertz CT molecular complexity index is 530. The minimum Gasteiger partial charge on any atom is -0.349 e. The zero-order chi connectivity index (χ0) is 10.1. The van der Waals surface area contributed by atoms with E-state index in [1.54, 1.807) is 17.8 Å². The molecule has 14 heavy (non-hydrogen) atoms. The van der Waals surface area contributed by atoms with Crippen molar-refractivity contribution in [2.45, 2.75) is 11.9 Å². The first kappa shape index (κ1) is 9.34. The second kappa shape index (κ2) is 3.50. The van der Waals surface area contributed by atoms with Crippen molar-refractivity contribution in [1.29, 1.82) is 0 Å². The van der Waals surface area contributed by atoms with E-state index in [0.717, 1.165) is 21.5 Å². The molecule has 0 aliphatic rings. The molecule has 0 amide bonds. The van der Waals surface area contributed by atoms with Crippen molar-refractivity contribution in [1.82, 2.24) is 4.98 Å². The van der Waals surface area contributed by atoms with Crippen molar-refractivity contribution in [2.24, 2.45) is 0 Å². The highest BCUT2D eigenvalue weighted by Gasteiger charge is 2.02. The number of pyridine rings is 1. The minimum absolute atomic E-state index is 0.0896. The highest BCUT2D eigenvalue weighted by atomic mass is 32.2. The quantitative estimate of drug-likeness (QED) is 0.726. The molecule has 1 aromatic carbocycles. The van der Waals surface area contributed by atoms with Crippen molar-refractivity contribution in [3.05, 3.63) is 40.1 Å². The molecule has 72 valence electrons. The Balaban J connectivity index is 2.91. The van der Waals surface area contributed by atoms with E-state index in [0.29, 0.717) is 0 Å². The molecule has 0 aliphatic heterocycles. The summed E-state index contributed by atoms with van der Waals surface area (Å²) in [5, 5.41) is 1.68. The molecule has 0 radical (unpaired) electrons. The van der Waals surface area contributed by atoms with Crippen LogP contribution in [0.4, 0.5) is 0 Å². The molecule has 2 nitrogen and oxygen atoms in total. The Hall–Kier alpha value is -1.22. The van der Waals surface area contributed by atoms with Gasteiger partial charge in [-0.15, -0.1) is 11.8 Å². The molecule has 0 spiro atoms. The number of aromatic amines is 1. The third kappa shape index (κ3) is 1.44. The standard InChI is InChI=1S/C11H11NOS/c1-7-4-3-5-8-9(13)6-10(14-2)12-11(7)8/h3-6H,1-2H3,(H,12,13). The minimum atomic E-state index is 0.0896. The molecular weight excluding hydrogens is 194 g/mol. The summed E-state index contributed by atoms with van der Waals surface area (Å²) in [6.45, 7) is 2.00. The Kier molecular flexibility index (Phi) is 2.33. The van der Waals surface area contributed by atoms with Crippen LogP contribution in [0.2, 0.25) is 0 Å². The second-order valence-corrected chi connectivity index (χ2v) is 4.05. The number of aromatic nitrogens is 1. The molecule has 0 atom stereocenters. The van der Waals surface area contributed by atoms with Crippen LogP contribution in [-0.2, 0) is 0 Å². The molecule has 2 aromatic rings. The summed E-state index contributed by atoms with van der Waals surface area (Å²) in [5.74, 6) is 0. The maximum absolute atomic E-state index is 11.7. The van der Waals surface area contributed by atoms with Crippen LogP contribution < -0.4 is 5.43 Å². The molecule has 0 unspecified atom stereocenters. The Morgan fingerprint density at radius 1 is 1.36 bits per heavy atom. The maximum Gasteiger partial charge on any atom is 0.190 e. The lowest BCUT2D eigenvalue weighted by atomic mass is 10.1. The average molecular weight is 205 g/mol. The first-order valence-corrected chi connectivity index (χ1v) is 5.61. The second-order valence-electron chi connectivity index (χ2n) is 3.20. The zero-order valence-electron chi connectivity index (χ0n) is 8.13. The van der Waals surface area contributed by atoms with Crippen LogP contribution >= 0.6 is 11.8 Å². The van der Waals surface area contributed by atoms with Crippen LogP contribution in [0, 0.1) is 6.92 Å². The molecule has 0 bridgehead atoms. The van der Waals surface area contributed by atoms with E-state index >= 15 is 0 Å². The Labute approximate surface area is 86.3 Å². The van der Waals surface area contributed by atoms with Gasteiger partial charge in [0.15, 0.2) is 5.43 Å². The van der Waals surface area contributed by atoms with Gasteiger partial charge in [0.25, 0.3) is 0 Å². The van der Waals surface area contributed by atoms with E-state index in [-0.39, 0.29) is 5.43 Å². The zero-order valence-corrected chi connectivity index (χ0v) is 8.94. The van der Waals surface area contributed by atoms with Crippen LogP contribution in [0.3, 0.4) is 0 Å². The molecule has 0 saturated carbocycles. The topological polar surface area (TPSA) is 32.9 Å². The third-order valence-corrected chi connectivity index (χ3v) is 2.93. The van der Waals surface area contributed by atoms with Gasteiger partial charge in [-0.05, 0) is 24.8 Å². The maximum atomic E-state index is 11.7. The van der Waals surface area contributed by atoms with Crippen LogP contribution in [-0.4, -0.2) is 11.2 Å². The fourth-order valence-corrected chi connectivity index (χ4v) is 1.93. The summed E-state index contributed by atoms with van der Waals surface area (Å²) in [5.41, 5.74) is 2.15. The smallest absolute Gasteiger partial charge is 0.190 e. The number of nitrogens with one attached hydrogen (secondary N) is 1. The number of fused-ring (bicyclic) bond motifs is 1. The summed E-state index contributed by atoms with van der Waals surface area (Å²) >= 11 is 1.55. The fraction of sp³-hybridized carbons (Fsp3) is 0.182. The van der Waals surface area contributed by atoms with Crippen LogP contribution in [0.5, 0.6) is 0 Å². The van der Waals surface area contributed by atoms with E-state index < -0.39 is 0 Å². The van der Waals surface area contributed by atoms with Crippen LogP contribution in [0.25, 0.3) is 10.9 Å². The van der Waals surface area contributed by atoms with Gasteiger partial charge in [-0.2, -0.15) is 0 Å². The van der Waals surface area contributed by atoms with Gasteiger partial charge in [-0.1, -0.05) is 12.1 Å². The first-order valence-electron chi connectivity index (χ1n) is 4.39. The number of para-hydroxylation sites is 1. The molecule has 0 aliphatic carbocycles. The lowest BCUT2D eigenvalue weighted by molar-refractivity contribution is 1.17. The van der Waals surface area contributed by atoms with E-state index in [2.05, 4.69) is 4.98 Å². The summed E-state index contributed by atoms with van der Waals surface area (Å²) < 4.78 is 0. The Morgan fingerprint density at radius 3 is 2.86 bits per heavy atom. The molecule has 0 fully saturated rings. The van der Waals surface area contributed by atoms with Crippen molar-refractivity contribution in [2.75, 3.05) is 6.26 Å². The summed E-state index contributed by atoms with van der Waals surface area (Å²) in [6, 6.07) is 7.41. The summed E-state index contributed by atoms with van der Waals surface area (Å²) in [4.78, 5) is 14.9. The predicted molar refractivity (Wildman–Crippen MR) is 61.1 cm³/mol. The number of H-pyrrole nitrogens is 1. The molecule has 2 rings (SSSR count). The highest BCUT2D eigenvalue weighted by Crippen LogP contribution is 2.16. The molecule has 3 heteroatoms. The van der Waals surface area contributed by atoms with Gasteiger partial charge in [0.2, 0.25) is 0 Å². The van der Waals surface area contributed by atoms with E-state index in [9.17, 15) is 4.79 Å². The molecule has 1 aromatic heterocycles. The van der Waals surface area contributed by atoms with E-state index in [1.165, 1.54) is 0 Å². The SMILES string of the molecule is CSc1cc(=O)c2cccc(C)c2[nH]1. The lowest BCUT2D eigenvalue weighted by Gasteiger charge is -2.03. The van der Waals surface area contributed by atoms with Gasteiger partial charge in [0.1, 0.15) is 0 Å². The summed E-state index contributed by atoms with van der Waals surface area (Å²) in [6.07, 6.45) is 1.95. The number of rotatable bonds is 1. The third-order valence-electron chi connectivity index (χ3n) is 2.27. The van der Waals surface area contributed by atoms with Crippen molar-refractivity contribution < 1.29 is 0 Å².